The second-order valence-electron chi connectivity index (χ2n) is 2.26. The van der Waals surface area contributed by atoms with Crippen molar-refractivity contribution >= 4 is 7.68 Å². The standard InChI is InChI=1S/C8H9NO2P.H2O/c1-2-8(12(10)11)9-6-4-3-5-7-9;/h2-8H,1H2;1H2/q+1;/p-1. The van der Waals surface area contributed by atoms with E-state index in [4.69, 9.17) is 0 Å². The van der Waals surface area contributed by atoms with E-state index in [2.05, 4.69) is 6.58 Å². The van der Waals surface area contributed by atoms with Crippen LogP contribution in [0.4, 0.5) is 0 Å². The van der Waals surface area contributed by atoms with Gasteiger partial charge >= 0.3 is 7.68 Å². The molecule has 1 rings (SSSR count). The van der Waals surface area contributed by atoms with E-state index >= 15 is 0 Å². The van der Waals surface area contributed by atoms with Crippen molar-refractivity contribution in [3.05, 3.63) is 43.2 Å². The molecule has 5 heteroatoms. The zero-order valence-electron chi connectivity index (χ0n) is 6.91. The Morgan fingerprint density at radius 1 is 1.23 bits per heavy atom. The minimum absolute atomic E-state index is 0. The van der Waals surface area contributed by atoms with Crippen LogP contribution in [0.1, 0.15) is 5.78 Å². The van der Waals surface area contributed by atoms with E-state index in [1.165, 1.54) is 6.08 Å². The van der Waals surface area contributed by atoms with Crippen molar-refractivity contribution in [2.75, 3.05) is 0 Å². The molecule has 0 spiro atoms. The molecule has 0 saturated heterocycles. The lowest BCUT2D eigenvalue weighted by atomic mass is 10.4. The second kappa shape index (κ2) is 5.41. The maximum atomic E-state index is 10.7. The molecule has 0 amide bonds. The Morgan fingerprint density at radius 3 is 2.15 bits per heavy atom. The lowest BCUT2D eigenvalue weighted by Gasteiger charge is -1.95. The van der Waals surface area contributed by atoms with Crippen molar-refractivity contribution in [3.8, 4) is 0 Å². The van der Waals surface area contributed by atoms with Crippen molar-refractivity contribution in [2.24, 2.45) is 0 Å². The van der Waals surface area contributed by atoms with Crippen LogP contribution in [-0.4, -0.2) is 5.48 Å². The zero-order valence-corrected chi connectivity index (χ0v) is 7.80. The first-order valence-corrected chi connectivity index (χ1v) is 4.72. The van der Waals surface area contributed by atoms with Crippen LogP contribution in [0.15, 0.2) is 43.2 Å². The zero-order chi connectivity index (χ0) is 8.97. The Morgan fingerprint density at radius 2 is 1.77 bits per heavy atom. The minimum atomic E-state index is -2.50. The van der Waals surface area contributed by atoms with Crippen LogP contribution in [0.2, 0.25) is 0 Å². The molecule has 13 heavy (non-hydrogen) atoms. The maximum absolute atomic E-state index is 10.7. The Labute approximate surface area is 76.7 Å². The summed E-state index contributed by atoms with van der Waals surface area (Å²) in [6.07, 6.45) is 4.78. The topological polar surface area (TPSA) is 68.0 Å². The summed E-state index contributed by atoms with van der Waals surface area (Å²) >= 11 is 0. The second-order valence-corrected chi connectivity index (χ2v) is 3.36. The summed E-state index contributed by atoms with van der Waals surface area (Å²) < 4.78 is 22.9. The van der Waals surface area contributed by atoms with Crippen molar-refractivity contribution in [3.63, 3.8) is 0 Å². The highest BCUT2D eigenvalue weighted by Gasteiger charge is 2.18. The van der Waals surface area contributed by atoms with Gasteiger partial charge in [0.1, 0.15) is 0 Å². The molecule has 4 nitrogen and oxygen atoms in total. The van der Waals surface area contributed by atoms with Crippen LogP contribution in [0.3, 0.4) is 0 Å². The van der Waals surface area contributed by atoms with Gasteiger partial charge in [-0.05, 0) is 6.08 Å². The highest BCUT2D eigenvalue weighted by Crippen LogP contribution is 2.20. The molecule has 0 aliphatic carbocycles. The molecule has 1 atom stereocenters. The van der Waals surface area contributed by atoms with E-state index in [1.54, 1.807) is 29.1 Å². The fourth-order valence-corrected chi connectivity index (χ4v) is 1.45. The van der Waals surface area contributed by atoms with E-state index < -0.39 is 13.5 Å². The molecule has 0 aliphatic rings. The highest BCUT2D eigenvalue weighted by atomic mass is 31.1. The smallest absolute Gasteiger partial charge is 0.390 e. The van der Waals surface area contributed by atoms with Gasteiger partial charge in [-0.25, -0.2) is 9.13 Å². The van der Waals surface area contributed by atoms with Gasteiger partial charge in [-0.2, -0.15) is 4.57 Å². The van der Waals surface area contributed by atoms with Crippen molar-refractivity contribution < 1.29 is 19.2 Å². The summed E-state index contributed by atoms with van der Waals surface area (Å²) in [5, 5.41) is 0. The fraction of sp³-hybridized carbons (Fsp3) is 0.125. The number of pyridine rings is 1. The van der Waals surface area contributed by atoms with E-state index in [1.807, 2.05) is 6.07 Å². The van der Waals surface area contributed by atoms with Gasteiger partial charge < -0.3 is 5.48 Å². The third kappa shape index (κ3) is 2.93. The first-order chi connectivity index (χ1) is 5.75. The SMILES string of the molecule is C=CC([n+]1ccccc1)P(=O)=O.[OH-]. The third-order valence-electron chi connectivity index (χ3n) is 1.47. The van der Waals surface area contributed by atoms with Crippen molar-refractivity contribution in [1.29, 1.82) is 0 Å². The molecule has 0 radical (unpaired) electrons. The van der Waals surface area contributed by atoms with Gasteiger partial charge in [0.15, 0.2) is 12.4 Å². The molecule has 1 aromatic rings. The van der Waals surface area contributed by atoms with Gasteiger partial charge in [-0.15, -0.1) is 0 Å². The van der Waals surface area contributed by atoms with Gasteiger partial charge in [0, 0.05) is 12.1 Å². The molecule has 0 aromatic carbocycles. The number of allylic oxidation sites excluding steroid dienone is 1. The summed E-state index contributed by atoms with van der Waals surface area (Å²) in [4.78, 5) is 0. The van der Waals surface area contributed by atoms with Crippen LogP contribution in [0, 0.1) is 0 Å². The van der Waals surface area contributed by atoms with Crippen LogP contribution in [-0.2, 0) is 9.13 Å². The summed E-state index contributed by atoms with van der Waals surface area (Å²) in [6.45, 7) is 3.45. The summed E-state index contributed by atoms with van der Waals surface area (Å²) in [5.74, 6) is -0.638. The van der Waals surface area contributed by atoms with E-state index in [0.717, 1.165) is 0 Å². The third-order valence-corrected chi connectivity index (χ3v) is 2.38. The first-order valence-electron chi connectivity index (χ1n) is 3.47. The van der Waals surface area contributed by atoms with Crippen molar-refractivity contribution in [2.45, 2.75) is 5.78 Å². The van der Waals surface area contributed by atoms with E-state index in [-0.39, 0.29) is 5.48 Å². The molecular formula is C8H10NO3P. The number of rotatable bonds is 3. The predicted octanol–water partition coefficient (Wildman–Crippen LogP) is 1.65. The van der Waals surface area contributed by atoms with Crippen LogP contribution in [0.25, 0.3) is 0 Å². The first kappa shape index (κ1) is 11.8. The van der Waals surface area contributed by atoms with Crippen molar-refractivity contribution in [1.82, 2.24) is 0 Å². The van der Waals surface area contributed by atoms with E-state index in [9.17, 15) is 9.13 Å². The molecular weight excluding hydrogens is 189 g/mol. The molecule has 1 aromatic heterocycles. The van der Waals surface area contributed by atoms with Crippen LogP contribution in [0.5, 0.6) is 0 Å². The molecule has 0 bridgehead atoms. The summed E-state index contributed by atoms with van der Waals surface area (Å²) in [5.41, 5.74) is 0. The molecule has 70 valence electrons. The lowest BCUT2D eigenvalue weighted by Crippen LogP contribution is -2.34. The van der Waals surface area contributed by atoms with Crippen LogP contribution < -0.4 is 4.57 Å². The number of nitrogens with zero attached hydrogens (tertiary/aromatic N) is 1. The molecule has 1 N–H and O–H groups in total. The Balaban J connectivity index is 0.00000144. The Hall–Kier alpha value is -1.25. The fourth-order valence-electron chi connectivity index (χ4n) is 0.905. The number of aromatic nitrogens is 1. The maximum Gasteiger partial charge on any atom is 0.390 e. The quantitative estimate of drug-likeness (QED) is 0.422. The molecule has 0 saturated carbocycles. The lowest BCUT2D eigenvalue weighted by molar-refractivity contribution is -0.691. The average molecular weight is 199 g/mol. The Bertz CT molecular complexity index is 327. The van der Waals surface area contributed by atoms with Gasteiger partial charge in [-0.1, -0.05) is 12.6 Å². The number of hydrogen-bond acceptors (Lipinski definition) is 3. The average Bonchev–Trinajstić information content (AvgIpc) is 2.07. The van der Waals surface area contributed by atoms with E-state index in [0.29, 0.717) is 0 Å². The highest BCUT2D eigenvalue weighted by molar-refractivity contribution is 7.30. The molecule has 1 unspecified atom stereocenters. The van der Waals surface area contributed by atoms with Gasteiger partial charge in [0.25, 0.3) is 5.78 Å². The molecule has 0 fully saturated rings. The predicted molar refractivity (Wildman–Crippen MR) is 46.1 cm³/mol. The van der Waals surface area contributed by atoms with Gasteiger partial charge in [0.2, 0.25) is 0 Å². The molecule has 0 aliphatic heterocycles. The largest absolute Gasteiger partial charge is 0.870 e. The summed E-state index contributed by atoms with van der Waals surface area (Å²) in [7, 11) is -2.50. The monoisotopic (exact) mass is 199 g/mol. The molecule has 1 heterocycles. The van der Waals surface area contributed by atoms with Gasteiger partial charge in [0.05, 0.1) is 0 Å². The minimum Gasteiger partial charge on any atom is -0.870 e. The normalized spacial score (nSPS) is 11.1. The Kier molecular flexibility index (Phi) is 4.89. The number of hydrogen-bond donors (Lipinski definition) is 0. The van der Waals surface area contributed by atoms with Gasteiger partial charge in [-0.3, -0.25) is 0 Å². The summed E-state index contributed by atoms with van der Waals surface area (Å²) in [6, 6.07) is 5.37. The van der Waals surface area contributed by atoms with Crippen LogP contribution >= 0.6 is 7.68 Å².